The third kappa shape index (κ3) is 24.5. The molecule has 0 bridgehead atoms. The maximum Gasteiger partial charge on any atom is 0.311 e. The standard InChI is InChI=1S/C58H83N7O6.CH3NO2/c1-9-12-13-14-15-16-17-18-19-20-21-22-23-24-25-29-41-70-56(67)58(6,10-2)45-57(4,5)55(66)71-42-40-65(11-3)50-38-36-49(37-39-50)60-59-47-32-34-48(35-33-47)62-64-52-44-53(68-7)51(43-54(52)69-8)63-61-46-30-27-26-28-31-46;1-2(3)4/h26-28,30-39,43-44H,9-25,29,40-42,45H2,1-8H3;1H3. The SMILES string of the molecule is CCCCCCCCCCCCCCCCCCOC(=O)C(C)(CC)CC(C)(C)C(=O)OCCN(CC)c1ccc(N=Nc2ccc(N=Nc3cc(OC)c(N=Nc4ccccc4)cc3OC)cc2)cc1.C[N+](=O)[O-]. The van der Waals surface area contributed by atoms with Crippen molar-refractivity contribution < 1.29 is 33.5 Å². The summed E-state index contributed by atoms with van der Waals surface area (Å²) in [6.45, 7) is 13.8. The fraction of sp³-hybridized carbons (Fsp3) is 0.559. The number of hydrogen-bond donors (Lipinski definition) is 0. The summed E-state index contributed by atoms with van der Waals surface area (Å²) in [7, 11) is 4.00. The molecule has 16 heteroatoms. The molecule has 410 valence electrons. The van der Waals surface area contributed by atoms with E-state index in [2.05, 4.69) is 49.4 Å². The van der Waals surface area contributed by atoms with Gasteiger partial charge in [0.15, 0.2) is 7.05 Å². The monoisotopic (exact) mass is 1030 g/mol. The molecule has 0 fully saturated rings. The van der Waals surface area contributed by atoms with Crippen LogP contribution in [0.2, 0.25) is 0 Å². The number of hydrogen-bond acceptors (Lipinski definition) is 15. The first kappa shape index (κ1) is 62.7. The molecule has 0 radical (unpaired) electrons. The van der Waals surface area contributed by atoms with Gasteiger partial charge in [-0.05, 0) is 108 Å². The molecule has 4 rings (SSSR count). The molecule has 1 unspecified atom stereocenters. The maximum atomic E-state index is 13.4. The van der Waals surface area contributed by atoms with Gasteiger partial charge < -0.3 is 23.8 Å². The number of rotatable bonds is 35. The van der Waals surface area contributed by atoms with Gasteiger partial charge in [-0.2, -0.15) is 20.5 Å². The van der Waals surface area contributed by atoms with Crippen molar-refractivity contribution in [1.82, 2.24) is 0 Å². The number of carbonyl (C=O) groups excluding carboxylic acids is 2. The second kappa shape index (κ2) is 35.6. The summed E-state index contributed by atoms with van der Waals surface area (Å²) in [6.07, 6.45) is 21.7. The Morgan fingerprint density at radius 1 is 0.547 bits per heavy atom. The Labute approximate surface area is 447 Å². The number of anilines is 1. The van der Waals surface area contributed by atoms with Crippen LogP contribution in [0.1, 0.15) is 157 Å². The molecule has 0 aliphatic rings. The average molecular weight is 1040 g/mol. The molecule has 0 saturated carbocycles. The van der Waals surface area contributed by atoms with Crippen molar-refractivity contribution in [2.45, 2.75) is 157 Å². The highest BCUT2D eigenvalue weighted by Crippen LogP contribution is 2.42. The minimum atomic E-state index is -0.862. The average Bonchev–Trinajstić information content (AvgIpc) is 3.41. The number of esters is 2. The van der Waals surface area contributed by atoms with E-state index >= 15 is 0 Å². The number of carbonyl (C=O) groups is 2. The Morgan fingerprint density at radius 2 is 0.933 bits per heavy atom. The predicted molar refractivity (Wildman–Crippen MR) is 300 cm³/mol. The van der Waals surface area contributed by atoms with Crippen LogP contribution in [-0.4, -0.2) is 64.4 Å². The van der Waals surface area contributed by atoms with Crippen molar-refractivity contribution in [3.05, 3.63) is 101 Å². The van der Waals surface area contributed by atoms with Crippen molar-refractivity contribution in [2.75, 3.05) is 52.5 Å². The zero-order valence-corrected chi connectivity index (χ0v) is 46.6. The first-order valence-electron chi connectivity index (χ1n) is 27.1. The number of nitro groups is 1. The molecule has 4 aromatic carbocycles. The first-order valence-corrected chi connectivity index (χ1v) is 27.1. The second-order valence-electron chi connectivity index (χ2n) is 19.7. The highest BCUT2D eigenvalue weighted by molar-refractivity contribution is 5.80. The number of unbranched alkanes of at least 4 members (excludes halogenated alkanes) is 15. The minimum absolute atomic E-state index is 0.218. The lowest BCUT2D eigenvalue weighted by Gasteiger charge is -2.34. The van der Waals surface area contributed by atoms with Gasteiger partial charge in [0.2, 0.25) is 0 Å². The van der Waals surface area contributed by atoms with Crippen LogP contribution in [-0.2, 0) is 19.1 Å². The van der Waals surface area contributed by atoms with Gasteiger partial charge >= 0.3 is 11.9 Å². The van der Waals surface area contributed by atoms with Gasteiger partial charge in [0.05, 0.1) is 61.0 Å². The van der Waals surface area contributed by atoms with E-state index in [-0.39, 0.29) is 18.5 Å². The van der Waals surface area contributed by atoms with Crippen LogP contribution in [0, 0.1) is 20.9 Å². The highest BCUT2D eigenvalue weighted by Gasteiger charge is 2.43. The van der Waals surface area contributed by atoms with Crippen LogP contribution in [0.5, 0.6) is 11.5 Å². The lowest BCUT2D eigenvalue weighted by molar-refractivity contribution is -0.445. The summed E-state index contributed by atoms with van der Waals surface area (Å²) < 4.78 is 22.7. The lowest BCUT2D eigenvalue weighted by atomic mass is 9.72. The summed E-state index contributed by atoms with van der Waals surface area (Å²) in [5.74, 6) is 0.401. The van der Waals surface area contributed by atoms with E-state index < -0.39 is 15.8 Å². The highest BCUT2D eigenvalue weighted by atomic mass is 16.6. The quantitative estimate of drug-likeness (QED) is 0.0142. The number of methoxy groups -OCH3 is 2. The molecule has 0 aliphatic heterocycles. The fourth-order valence-corrected chi connectivity index (χ4v) is 8.46. The van der Waals surface area contributed by atoms with E-state index in [1.807, 2.05) is 94.4 Å². The van der Waals surface area contributed by atoms with Crippen LogP contribution >= 0.6 is 0 Å². The van der Waals surface area contributed by atoms with Crippen LogP contribution < -0.4 is 14.4 Å². The Kier molecular flexibility index (Phi) is 29.8. The third-order valence-corrected chi connectivity index (χ3v) is 13.0. The number of benzene rings is 4. The lowest BCUT2D eigenvalue weighted by Crippen LogP contribution is -2.39. The van der Waals surface area contributed by atoms with Gasteiger partial charge in [-0.3, -0.25) is 19.7 Å². The number of ether oxygens (including phenoxy) is 4. The van der Waals surface area contributed by atoms with Gasteiger partial charge in [-0.25, -0.2) is 0 Å². The molecule has 0 aromatic heterocycles. The summed E-state index contributed by atoms with van der Waals surface area (Å²) in [4.78, 5) is 37.2. The van der Waals surface area contributed by atoms with E-state index in [4.69, 9.17) is 29.1 Å². The van der Waals surface area contributed by atoms with Crippen molar-refractivity contribution >= 4 is 51.8 Å². The molecule has 0 heterocycles. The molecular weight excluding hydrogens is 949 g/mol. The Bertz CT molecular complexity index is 2340. The Morgan fingerprint density at radius 3 is 1.35 bits per heavy atom. The molecule has 0 saturated heterocycles. The summed E-state index contributed by atoms with van der Waals surface area (Å²) in [5.41, 5.74) is 2.99. The fourth-order valence-electron chi connectivity index (χ4n) is 8.46. The summed E-state index contributed by atoms with van der Waals surface area (Å²) in [6, 6.07) is 27.9. The smallest absolute Gasteiger partial charge is 0.311 e. The van der Waals surface area contributed by atoms with Gasteiger partial charge in [-0.15, -0.1) is 10.2 Å². The van der Waals surface area contributed by atoms with Crippen LogP contribution in [0.3, 0.4) is 0 Å². The third-order valence-electron chi connectivity index (χ3n) is 13.0. The van der Waals surface area contributed by atoms with Crippen LogP contribution in [0.4, 0.5) is 39.8 Å². The van der Waals surface area contributed by atoms with Gasteiger partial charge in [0, 0.05) is 29.3 Å². The van der Waals surface area contributed by atoms with Gasteiger partial charge in [0.1, 0.15) is 29.5 Å². The zero-order valence-electron chi connectivity index (χ0n) is 46.6. The van der Waals surface area contributed by atoms with E-state index in [0.29, 0.717) is 65.9 Å². The molecule has 0 N–H and O–H groups in total. The minimum Gasteiger partial charge on any atom is -0.494 e. The first-order chi connectivity index (χ1) is 36.2. The molecule has 1 atom stereocenters. The number of nitrogens with zero attached hydrogens (tertiary/aromatic N) is 8. The topological polar surface area (TPSA) is 192 Å². The predicted octanol–water partition coefficient (Wildman–Crippen LogP) is 17.8. The van der Waals surface area contributed by atoms with E-state index in [1.54, 1.807) is 38.5 Å². The molecular formula is C59H86N8O8. The number of likely N-dealkylation sites (N-methyl/N-ethyl adjacent to an activating group) is 1. The van der Waals surface area contributed by atoms with Crippen molar-refractivity contribution in [1.29, 1.82) is 0 Å². The van der Waals surface area contributed by atoms with Gasteiger partial charge in [0.25, 0.3) is 0 Å². The van der Waals surface area contributed by atoms with Crippen molar-refractivity contribution in [3.8, 4) is 11.5 Å². The van der Waals surface area contributed by atoms with Crippen molar-refractivity contribution in [2.24, 2.45) is 41.5 Å². The maximum absolute atomic E-state index is 13.4. The molecule has 4 aromatic rings. The van der Waals surface area contributed by atoms with Crippen LogP contribution in [0.15, 0.2) is 122 Å². The normalized spacial score (nSPS) is 12.3. The number of azo groups is 3. The summed E-state index contributed by atoms with van der Waals surface area (Å²) in [5, 5.41) is 35.1. The van der Waals surface area contributed by atoms with E-state index in [9.17, 15) is 9.59 Å². The van der Waals surface area contributed by atoms with Crippen molar-refractivity contribution in [3.63, 3.8) is 0 Å². The second-order valence-corrected chi connectivity index (χ2v) is 19.7. The van der Waals surface area contributed by atoms with E-state index in [0.717, 1.165) is 37.8 Å². The molecule has 75 heavy (non-hydrogen) atoms. The summed E-state index contributed by atoms with van der Waals surface area (Å²) >= 11 is 0. The molecule has 0 spiro atoms. The molecule has 16 nitrogen and oxygen atoms in total. The molecule has 0 amide bonds. The van der Waals surface area contributed by atoms with Crippen LogP contribution in [0.25, 0.3) is 0 Å². The Hall–Kier alpha value is -6.58. The zero-order chi connectivity index (χ0) is 54.7. The largest absolute Gasteiger partial charge is 0.494 e. The molecule has 0 aliphatic carbocycles. The van der Waals surface area contributed by atoms with E-state index in [1.165, 1.54) is 89.9 Å². The Balaban J connectivity index is 0.00000357. The van der Waals surface area contributed by atoms with Gasteiger partial charge in [-0.1, -0.05) is 128 Å².